The van der Waals surface area contributed by atoms with Crippen LogP contribution in [0, 0.1) is 0 Å². The van der Waals surface area contributed by atoms with Crippen LogP contribution in [0.3, 0.4) is 0 Å². The maximum atomic E-state index is 12.7. The van der Waals surface area contributed by atoms with Crippen LogP contribution in [-0.4, -0.2) is 30.1 Å². The van der Waals surface area contributed by atoms with E-state index >= 15 is 0 Å². The molecule has 0 unspecified atom stereocenters. The molecule has 1 fully saturated rings. The highest BCUT2D eigenvalue weighted by molar-refractivity contribution is 5.89. The first-order valence-electron chi connectivity index (χ1n) is 8.80. The van der Waals surface area contributed by atoms with Gasteiger partial charge in [-0.3, -0.25) is 10.9 Å². The Morgan fingerprint density at radius 2 is 1.72 bits per heavy atom. The van der Waals surface area contributed by atoms with Crippen LogP contribution in [0.1, 0.15) is 30.9 Å². The predicted molar refractivity (Wildman–Crippen MR) is 101 cm³/mol. The van der Waals surface area contributed by atoms with E-state index in [-0.39, 0.29) is 12.1 Å². The summed E-state index contributed by atoms with van der Waals surface area (Å²) in [5.74, 6) is 0.481. The lowest BCUT2D eigenvalue weighted by Gasteiger charge is -2.27. The summed E-state index contributed by atoms with van der Waals surface area (Å²) in [6.45, 7) is 6.53. The molecule has 0 radical (unpaired) electrons. The average molecular weight is 338 g/mol. The smallest absolute Gasteiger partial charge is 0.318 e. The minimum absolute atomic E-state index is 0.0733. The van der Waals surface area contributed by atoms with Crippen molar-refractivity contribution in [2.75, 3.05) is 18.4 Å². The molecule has 1 aliphatic heterocycles. The van der Waals surface area contributed by atoms with Gasteiger partial charge in [0.1, 0.15) is 0 Å². The Morgan fingerprint density at radius 3 is 2.32 bits per heavy atom. The quantitative estimate of drug-likeness (QED) is 0.784. The number of hydrogen-bond donors (Lipinski definition) is 3. The average Bonchev–Trinajstić information content (AvgIpc) is 3.15. The molecule has 1 saturated heterocycles. The van der Waals surface area contributed by atoms with Crippen molar-refractivity contribution < 1.29 is 4.79 Å². The van der Waals surface area contributed by atoms with Gasteiger partial charge in [0.05, 0.1) is 0 Å². The lowest BCUT2D eigenvalue weighted by molar-refractivity contribution is 0.193. The van der Waals surface area contributed by atoms with Crippen molar-refractivity contribution in [2.45, 2.75) is 32.4 Å². The lowest BCUT2D eigenvalue weighted by Crippen LogP contribution is -2.39. The van der Waals surface area contributed by atoms with E-state index in [1.807, 2.05) is 61.2 Å². The van der Waals surface area contributed by atoms with E-state index in [0.717, 1.165) is 24.3 Å². The van der Waals surface area contributed by atoms with Gasteiger partial charge < -0.3 is 10.2 Å². The van der Waals surface area contributed by atoms with Crippen molar-refractivity contribution in [1.82, 2.24) is 15.8 Å². The highest BCUT2D eigenvalue weighted by Crippen LogP contribution is 2.20. The summed E-state index contributed by atoms with van der Waals surface area (Å²) >= 11 is 0. The number of carbonyl (C=O) groups excluding carboxylic acids is 1. The van der Waals surface area contributed by atoms with E-state index in [1.165, 1.54) is 5.56 Å². The normalized spacial score (nSPS) is 14.7. The molecular formula is C20H26N4O. The number of carbonyl (C=O) groups is 1. The van der Waals surface area contributed by atoms with Gasteiger partial charge in [0.2, 0.25) is 0 Å². The zero-order valence-electron chi connectivity index (χ0n) is 14.8. The third-order valence-corrected chi connectivity index (χ3v) is 4.54. The van der Waals surface area contributed by atoms with Gasteiger partial charge in [-0.2, -0.15) is 0 Å². The first-order chi connectivity index (χ1) is 12.1. The molecule has 3 N–H and O–H groups in total. The van der Waals surface area contributed by atoms with Gasteiger partial charge in [0.15, 0.2) is 0 Å². The summed E-state index contributed by atoms with van der Waals surface area (Å²) in [7, 11) is 0. The van der Waals surface area contributed by atoms with Crippen molar-refractivity contribution in [3.8, 4) is 0 Å². The molecule has 5 nitrogen and oxygen atoms in total. The molecule has 0 spiro atoms. The Labute approximate surface area is 149 Å². The van der Waals surface area contributed by atoms with Gasteiger partial charge in [-0.15, -0.1) is 0 Å². The number of rotatable bonds is 5. The number of nitrogens with one attached hydrogen (secondary N) is 3. The predicted octanol–water partition coefficient (Wildman–Crippen LogP) is 3.32. The molecule has 1 heterocycles. The fourth-order valence-electron chi connectivity index (χ4n) is 3.00. The van der Waals surface area contributed by atoms with Crippen LogP contribution in [0.5, 0.6) is 0 Å². The summed E-state index contributed by atoms with van der Waals surface area (Å²) in [6, 6.07) is 18.2. The van der Waals surface area contributed by atoms with Crippen LogP contribution in [0.15, 0.2) is 54.6 Å². The van der Waals surface area contributed by atoms with Gasteiger partial charge in [0.25, 0.3) is 0 Å². The summed E-state index contributed by atoms with van der Waals surface area (Å²) in [5.41, 5.74) is 9.51. The van der Waals surface area contributed by atoms with E-state index in [0.29, 0.717) is 12.5 Å². The zero-order valence-corrected chi connectivity index (χ0v) is 14.8. The molecule has 0 aliphatic carbocycles. The first kappa shape index (κ1) is 17.5. The molecule has 2 aromatic carbocycles. The molecule has 2 aromatic rings. The van der Waals surface area contributed by atoms with Crippen molar-refractivity contribution in [3.05, 3.63) is 65.7 Å². The van der Waals surface area contributed by atoms with Crippen LogP contribution < -0.4 is 16.2 Å². The first-order valence-corrected chi connectivity index (χ1v) is 8.80. The summed E-state index contributed by atoms with van der Waals surface area (Å²) < 4.78 is 0. The summed E-state index contributed by atoms with van der Waals surface area (Å²) in [6.07, 6.45) is 0. The SMILES string of the molecule is CC(C)N(Cc1ccccc1)C(=O)Nc1ccc(C2CNNC2)cc1. The van der Waals surface area contributed by atoms with Crippen LogP contribution in [0.4, 0.5) is 10.5 Å². The Kier molecular flexibility index (Phi) is 5.68. The van der Waals surface area contributed by atoms with Crippen molar-refractivity contribution in [1.29, 1.82) is 0 Å². The number of benzene rings is 2. The van der Waals surface area contributed by atoms with E-state index in [4.69, 9.17) is 0 Å². The topological polar surface area (TPSA) is 56.4 Å². The van der Waals surface area contributed by atoms with Gasteiger partial charge in [-0.05, 0) is 37.1 Å². The molecule has 132 valence electrons. The standard InChI is InChI=1S/C20H26N4O/c1-15(2)24(14-16-6-4-3-5-7-16)20(25)23-19-10-8-17(9-11-19)18-12-21-22-13-18/h3-11,15,18,21-22H,12-14H2,1-2H3,(H,23,25). The third-order valence-electron chi connectivity index (χ3n) is 4.54. The van der Waals surface area contributed by atoms with Crippen molar-refractivity contribution in [3.63, 3.8) is 0 Å². The minimum Gasteiger partial charge on any atom is -0.318 e. The second-order valence-electron chi connectivity index (χ2n) is 6.72. The monoisotopic (exact) mass is 338 g/mol. The fraction of sp³-hybridized carbons (Fsp3) is 0.350. The van der Waals surface area contributed by atoms with Gasteiger partial charge in [0, 0.05) is 37.3 Å². The fourth-order valence-corrected chi connectivity index (χ4v) is 3.00. The third kappa shape index (κ3) is 4.59. The van der Waals surface area contributed by atoms with Crippen LogP contribution >= 0.6 is 0 Å². The molecule has 0 aromatic heterocycles. The van der Waals surface area contributed by atoms with E-state index in [1.54, 1.807) is 0 Å². The summed E-state index contributed by atoms with van der Waals surface area (Å²) in [5, 5.41) is 3.02. The highest BCUT2D eigenvalue weighted by atomic mass is 16.2. The van der Waals surface area contributed by atoms with E-state index in [2.05, 4.69) is 28.3 Å². The molecule has 25 heavy (non-hydrogen) atoms. The maximum Gasteiger partial charge on any atom is 0.322 e. The lowest BCUT2D eigenvalue weighted by atomic mass is 10.0. The number of hydrogen-bond acceptors (Lipinski definition) is 3. The largest absolute Gasteiger partial charge is 0.322 e. The molecule has 1 aliphatic rings. The van der Waals surface area contributed by atoms with Crippen molar-refractivity contribution >= 4 is 11.7 Å². The molecule has 5 heteroatoms. The molecule has 2 amide bonds. The number of urea groups is 1. The van der Waals surface area contributed by atoms with Crippen molar-refractivity contribution in [2.24, 2.45) is 0 Å². The Balaban J connectivity index is 1.64. The molecule has 0 bridgehead atoms. The maximum absolute atomic E-state index is 12.7. The second kappa shape index (κ2) is 8.14. The second-order valence-corrected chi connectivity index (χ2v) is 6.72. The number of nitrogens with zero attached hydrogens (tertiary/aromatic N) is 1. The minimum atomic E-state index is -0.0733. The Morgan fingerprint density at radius 1 is 1.08 bits per heavy atom. The molecule has 3 rings (SSSR count). The Bertz CT molecular complexity index is 679. The molecule has 0 saturated carbocycles. The number of amides is 2. The highest BCUT2D eigenvalue weighted by Gasteiger charge is 2.19. The van der Waals surface area contributed by atoms with Crippen LogP contribution in [-0.2, 0) is 6.54 Å². The summed E-state index contributed by atoms with van der Waals surface area (Å²) in [4.78, 5) is 14.5. The van der Waals surface area contributed by atoms with Crippen LogP contribution in [0.25, 0.3) is 0 Å². The van der Waals surface area contributed by atoms with E-state index < -0.39 is 0 Å². The number of anilines is 1. The van der Waals surface area contributed by atoms with Crippen LogP contribution in [0.2, 0.25) is 0 Å². The number of hydrazine groups is 1. The van der Waals surface area contributed by atoms with Gasteiger partial charge in [-0.25, -0.2) is 4.79 Å². The van der Waals surface area contributed by atoms with Gasteiger partial charge >= 0.3 is 6.03 Å². The zero-order chi connectivity index (χ0) is 17.6. The Hall–Kier alpha value is -2.37. The van der Waals surface area contributed by atoms with Gasteiger partial charge in [-0.1, -0.05) is 42.5 Å². The van der Waals surface area contributed by atoms with E-state index in [9.17, 15) is 4.79 Å². The molecular weight excluding hydrogens is 312 g/mol. The molecule has 0 atom stereocenters.